The summed E-state index contributed by atoms with van der Waals surface area (Å²) in [4.78, 5) is 0.137. The molecular formula is C8H5F4OS. The van der Waals surface area contributed by atoms with E-state index >= 15 is 0 Å². The average molecular weight is 225 g/mol. The molecule has 77 valence electrons. The average Bonchev–Trinajstić information content (AvgIpc) is 2.01. The van der Waals surface area contributed by atoms with Gasteiger partial charge in [0.15, 0.2) is 0 Å². The highest BCUT2D eigenvalue weighted by molar-refractivity contribution is 7.99. The minimum absolute atomic E-state index is 0.137. The van der Waals surface area contributed by atoms with Gasteiger partial charge in [0.05, 0.1) is 0 Å². The van der Waals surface area contributed by atoms with Gasteiger partial charge in [-0.1, -0.05) is 11.8 Å². The summed E-state index contributed by atoms with van der Waals surface area (Å²) in [5.41, 5.74) is 0. The van der Waals surface area contributed by atoms with Crippen LogP contribution in [0.5, 0.6) is 5.75 Å². The highest BCUT2D eigenvalue weighted by Crippen LogP contribution is 2.28. The van der Waals surface area contributed by atoms with E-state index in [1.165, 1.54) is 6.07 Å². The molecule has 14 heavy (non-hydrogen) atoms. The molecule has 1 radical (unpaired) electrons. The lowest BCUT2D eigenvalue weighted by Crippen LogP contribution is -2.01. The number of alkyl halides is 4. The van der Waals surface area contributed by atoms with Crippen molar-refractivity contribution in [3.05, 3.63) is 24.3 Å². The lowest BCUT2D eigenvalue weighted by Gasteiger charge is -2.05. The Labute approximate surface area is 82.1 Å². The second kappa shape index (κ2) is 5.09. The highest BCUT2D eigenvalue weighted by atomic mass is 32.2. The lowest BCUT2D eigenvalue weighted by atomic mass is 10.3. The molecule has 0 aliphatic carbocycles. The van der Waals surface area contributed by atoms with Crippen molar-refractivity contribution in [2.75, 3.05) is 0 Å². The van der Waals surface area contributed by atoms with Crippen LogP contribution in [0, 0.1) is 6.07 Å². The summed E-state index contributed by atoms with van der Waals surface area (Å²) >= 11 is 0.250. The summed E-state index contributed by atoms with van der Waals surface area (Å²) < 4.78 is 51.2. The third-order valence-corrected chi connectivity index (χ3v) is 1.87. The number of thioether (sulfide) groups is 1. The van der Waals surface area contributed by atoms with E-state index in [-0.39, 0.29) is 22.4 Å². The molecule has 0 N–H and O–H groups in total. The zero-order chi connectivity index (χ0) is 10.6. The molecule has 1 rings (SSSR count). The van der Waals surface area contributed by atoms with Crippen molar-refractivity contribution in [2.24, 2.45) is 0 Å². The molecule has 0 fully saturated rings. The summed E-state index contributed by atoms with van der Waals surface area (Å²) in [6.07, 6.45) is 0. The summed E-state index contributed by atoms with van der Waals surface area (Å²) in [6, 6.07) is 5.97. The molecule has 1 aromatic carbocycles. The van der Waals surface area contributed by atoms with E-state index in [0.29, 0.717) is 0 Å². The topological polar surface area (TPSA) is 9.23 Å². The Morgan fingerprint density at radius 2 is 1.93 bits per heavy atom. The molecule has 1 aromatic rings. The Bertz CT molecular complexity index is 267. The molecule has 0 amide bonds. The van der Waals surface area contributed by atoms with Gasteiger partial charge < -0.3 is 4.74 Å². The summed E-state index contributed by atoms with van der Waals surface area (Å²) in [5, 5.41) is 0. The fraction of sp³-hybridized carbons (Fsp3) is 0.250. The maximum Gasteiger partial charge on any atom is 0.387 e. The molecule has 0 atom stereocenters. The molecule has 0 bridgehead atoms. The molecular weight excluding hydrogens is 220 g/mol. The molecule has 0 aliphatic rings. The van der Waals surface area contributed by atoms with Crippen LogP contribution in [0.2, 0.25) is 0 Å². The predicted molar refractivity (Wildman–Crippen MR) is 43.8 cm³/mol. The lowest BCUT2D eigenvalue weighted by molar-refractivity contribution is -0.0499. The molecule has 0 spiro atoms. The second-order valence-corrected chi connectivity index (χ2v) is 3.22. The van der Waals surface area contributed by atoms with Crippen molar-refractivity contribution in [3.8, 4) is 5.75 Å². The van der Waals surface area contributed by atoms with Crippen LogP contribution in [-0.4, -0.2) is 12.4 Å². The van der Waals surface area contributed by atoms with Gasteiger partial charge in [0.25, 0.3) is 5.76 Å². The van der Waals surface area contributed by atoms with Gasteiger partial charge in [-0.15, -0.1) is 0 Å². The van der Waals surface area contributed by atoms with E-state index in [1.807, 2.05) is 0 Å². The third kappa shape index (κ3) is 3.87. The van der Waals surface area contributed by atoms with Crippen molar-refractivity contribution < 1.29 is 22.3 Å². The SMILES string of the molecule is FC(F)Oc1c[c]cc(SC(F)F)c1. The summed E-state index contributed by atoms with van der Waals surface area (Å²) in [5.74, 6) is -2.77. The first-order valence-corrected chi connectivity index (χ1v) is 4.36. The van der Waals surface area contributed by atoms with Crippen LogP contribution in [0.4, 0.5) is 17.6 Å². The molecule has 0 heterocycles. The van der Waals surface area contributed by atoms with E-state index in [9.17, 15) is 17.6 Å². The highest BCUT2D eigenvalue weighted by Gasteiger charge is 2.08. The first-order chi connectivity index (χ1) is 6.58. The first-order valence-electron chi connectivity index (χ1n) is 3.48. The van der Waals surface area contributed by atoms with Gasteiger partial charge in [0, 0.05) is 4.90 Å². The summed E-state index contributed by atoms with van der Waals surface area (Å²) in [6.45, 7) is -2.96. The minimum atomic E-state index is -2.96. The molecule has 0 saturated carbocycles. The fourth-order valence-electron chi connectivity index (χ4n) is 0.771. The quantitative estimate of drug-likeness (QED) is 0.573. The van der Waals surface area contributed by atoms with Crippen molar-refractivity contribution in [3.63, 3.8) is 0 Å². The van der Waals surface area contributed by atoms with Crippen LogP contribution < -0.4 is 4.74 Å². The Kier molecular flexibility index (Phi) is 4.06. The van der Waals surface area contributed by atoms with Crippen LogP contribution in [-0.2, 0) is 0 Å². The van der Waals surface area contributed by atoms with Gasteiger partial charge in [0.1, 0.15) is 5.75 Å². The Morgan fingerprint density at radius 1 is 1.21 bits per heavy atom. The smallest absolute Gasteiger partial charge is 0.387 e. The van der Waals surface area contributed by atoms with Crippen LogP contribution >= 0.6 is 11.8 Å². The minimum Gasteiger partial charge on any atom is -0.435 e. The monoisotopic (exact) mass is 225 g/mol. The second-order valence-electron chi connectivity index (χ2n) is 2.16. The normalized spacial score (nSPS) is 11.0. The Morgan fingerprint density at radius 3 is 2.50 bits per heavy atom. The van der Waals surface area contributed by atoms with E-state index in [1.54, 1.807) is 0 Å². The number of halogens is 4. The maximum atomic E-state index is 11.9. The number of rotatable bonds is 4. The van der Waals surface area contributed by atoms with Gasteiger partial charge in [-0.3, -0.25) is 0 Å². The summed E-state index contributed by atoms with van der Waals surface area (Å²) in [7, 11) is 0. The number of ether oxygens (including phenoxy) is 1. The largest absolute Gasteiger partial charge is 0.435 e. The number of hydrogen-bond donors (Lipinski definition) is 0. The van der Waals surface area contributed by atoms with Gasteiger partial charge in [-0.05, 0) is 24.3 Å². The van der Waals surface area contributed by atoms with Gasteiger partial charge in [0.2, 0.25) is 0 Å². The zero-order valence-corrected chi connectivity index (χ0v) is 7.53. The maximum absolute atomic E-state index is 11.9. The standard InChI is InChI=1S/C8H5F4OS/c9-7(10)13-5-2-1-3-6(4-5)14-8(11)12/h2-4,7-8H. The predicted octanol–water partition coefficient (Wildman–Crippen LogP) is 3.40. The first kappa shape index (κ1) is 11.2. The van der Waals surface area contributed by atoms with Crippen LogP contribution in [0.25, 0.3) is 0 Å². The Hall–Kier alpha value is -0.910. The van der Waals surface area contributed by atoms with E-state index in [0.717, 1.165) is 12.1 Å². The number of benzene rings is 1. The van der Waals surface area contributed by atoms with E-state index in [2.05, 4.69) is 10.8 Å². The zero-order valence-electron chi connectivity index (χ0n) is 6.72. The van der Waals surface area contributed by atoms with E-state index < -0.39 is 12.4 Å². The van der Waals surface area contributed by atoms with Gasteiger partial charge in [-0.25, -0.2) is 0 Å². The molecule has 0 unspecified atom stereocenters. The van der Waals surface area contributed by atoms with E-state index in [4.69, 9.17) is 0 Å². The van der Waals surface area contributed by atoms with Crippen molar-refractivity contribution in [1.82, 2.24) is 0 Å². The molecule has 0 aliphatic heterocycles. The van der Waals surface area contributed by atoms with Gasteiger partial charge in [-0.2, -0.15) is 17.6 Å². The van der Waals surface area contributed by atoms with Crippen molar-refractivity contribution in [1.29, 1.82) is 0 Å². The molecule has 1 nitrogen and oxygen atoms in total. The molecule has 6 heteroatoms. The molecule has 0 aromatic heterocycles. The van der Waals surface area contributed by atoms with Crippen LogP contribution in [0.1, 0.15) is 0 Å². The van der Waals surface area contributed by atoms with Gasteiger partial charge >= 0.3 is 6.61 Å². The third-order valence-electron chi connectivity index (χ3n) is 1.19. The van der Waals surface area contributed by atoms with Crippen LogP contribution in [0.15, 0.2) is 23.1 Å². The molecule has 0 saturated heterocycles. The van der Waals surface area contributed by atoms with Crippen molar-refractivity contribution >= 4 is 11.8 Å². The van der Waals surface area contributed by atoms with Crippen LogP contribution in [0.3, 0.4) is 0 Å². The number of hydrogen-bond acceptors (Lipinski definition) is 2. The Balaban J connectivity index is 2.68. The fourth-order valence-corrected chi connectivity index (χ4v) is 1.30. The van der Waals surface area contributed by atoms with Crippen molar-refractivity contribution in [2.45, 2.75) is 17.3 Å².